The van der Waals surface area contributed by atoms with Gasteiger partial charge in [0.25, 0.3) is 0 Å². The van der Waals surface area contributed by atoms with E-state index in [2.05, 4.69) is 32.2 Å². The summed E-state index contributed by atoms with van der Waals surface area (Å²) in [4.78, 5) is 0. The van der Waals surface area contributed by atoms with Gasteiger partial charge in [-0.1, -0.05) is 26.8 Å². The lowest BCUT2D eigenvalue weighted by Gasteiger charge is -2.27. The predicted octanol–water partition coefficient (Wildman–Crippen LogP) is 2.86. The van der Waals surface area contributed by atoms with Crippen molar-refractivity contribution in [2.45, 2.75) is 44.9 Å². The number of rotatable bonds is 1. The first-order valence-electron chi connectivity index (χ1n) is 6.66. The zero-order valence-corrected chi connectivity index (χ0v) is 11.5. The number of hydrogen-bond acceptors (Lipinski definition) is 3. The van der Waals surface area contributed by atoms with Crippen molar-refractivity contribution in [2.24, 2.45) is 0 Å². The van der Waals surface area contributed by atoms with Crippen molar-refractivity contribution in [1.82, 2.24) is 5.32 Å². The molecular formula is C15H23NO2. The summed E-state index contributed by atoms with van der Waals surface area (Å²) in [6.07, 6.45) is 2.03. The number of benzene rings is 1. The van der Waals surface area contributed by atoms with Crippen LogP contribution in [0.5, 0.6) is 11.5 Å². The lowest BCUT2D eigenvalue weighted by atomic mass is 9.82. The molecule has 1 aliphatic heterocycles. The van der Waals surface area contributed by atoms with E-state index in [4.69, 9.17) is 0 Å². The number of piperidine rings is 1. The molecule has 0 aliphatic carbocycles. The second-order valence-electron chi connectivity index (χ2n) is 6.21. The second-order valence-corrected chi connectivity index (χ2v) is 6.21. The molecular weight excluding hydrogens is 226 g/mol. The first kappa shape index (κ1) is 13.2. The largest absolute Gasteiger partial charge is 0.504 e. The van der Waals surface area contributed by atoms with Gasteiger partial charge in [0.1, 0.15) is 0 Å². The van der Waals surface area contributed by atoms with Gasteiger partial charge in [-0.25, -0.2) is 0 Å². The molecule has 0 atom stereocenters. The van der Waals surface area contributed by atoms with Crippen LogP contribution in [0.3, 0.4) is 0 Å². The molecule has 0 aromatic heterocycles. The Labute approximate surface area is 109 Å². The third kappa shape index (κ3) is 2.61. The summed E-state index contributed by atoms with van der Waals surface area (Å²) in [7, 11) is 0. The molecule has 1 heterocycles. The van der Waals surface area contributed by atoms with Crippen LogP contribution in [-0.2, 0) is 5.41 Å². The Balaban J connectivity index is 2.42. The molecule has 1 fully saturated rings. The molecule has 100 valence electrons. The van der Waals surface area contributed by atoms with E-state index in [-0.39, 0.29) is 16.9 Å². The van der Waals surface area contributed by atoms with Crippen LogP contribution in [0, 0.1) is 0 Å². The second kappa shape index (κ2) is 4.81. The number of nitrogens with one attached hydrogen (secondary N) is 1. The van der Waals surface area contributed by atoms with Crippen LogP contribution in [-0.4, -0.2) is 23.3 Å². The summed E-state index contributed by atoms with van der Waals surface area (Å²) in [6.45, 7) is 8.30. The van der Waals surface area contributed by atoms with Crippen LogP contribution in [0.4, 0.5) is 0 Å². The van der Waals surface area contributed by atoms with Crippen LogP contribution >= 0.6 is 0 Å². The van der Waals surface area contributed by atoms with E-state index in [1.54, 1.807) is 6.07 Å². The zero-order valence-electron chi connectivity index (χ0n) is 11.5. The lowest BCUT2D eigenvalue weighted by molar-refractivity contribution is 0.382. The average Bonchev–Trinajstić information content (AvgIpc) is 2.32. The third-order valence-corrected chi connectivity index (χ3v) is 3.76. The van der Waals surface area contributed by atoms with Gasteiger partial charge in [-0.2, -0.15) is 0 Å². The minimum Gasteiger partial charge on any atom is -0.504 e. The van der Waals surface area contributed by atoms with E-state index in [9.17, 15) is 10.2 Å². The van der Waals surface area contributed by atoms with Crippen LogP contribution in [0.25, 0.3) is 0 Å². The van der Waals surface area contributed by atoms with Gasteiger partial charge in [-0.15, -0.1) is 0 Å². The molecule has 1 aliphatic rings. The van der Waals surface area contributed by atoms with E-state index in [1.807, 2.05) is 0 Å². The summed E-state index contributed by atoms with van der Waals surface area (Å²) in [5, 5.41) is 23.3. The number of phenols is 2. The number of hydrogen-bond donors (Lipinski definition) is 3. The Morgan fingerprint density at radius 1 is 1.11 bits per heavy atom. The Kier molecular flexibility index (Phi) is 3.53. The molecule has 0 radical (unpaired) electrons. The van der Waals surface area contributed by atoms with Crippen molar-refractivity contribution in [3.63, 3.8) is 0 Å². The van der Waals surface area contributed by atoms with Gasteiger partial charge in [0.2, 0.25) is 0 Å². The van der Waals surface area contributed by atoms with Crippen molar-refractivity contribution in [3.05, 3.63) is 23.3 Å². The highest BCUT2D eigenvalue weighted by molar-refractivity contribution is 5.50. The maximum absolute atomic E-state index is 10.1. The molecule has 0 saturated carbocycles. The fraction of sp³-hybridized carbons (Fsp3) is 0.600. The predicted molar refractivity (Wildman–Crippen MR) is 73.3 cm³/mol. The van der Waals surface area contributed by atoms with E-state index in [0.29, 0.717) is 5.92 Å². The summed E-state index contributed by atoms with van der Waals surface area (Å²) < 4.78 is 0. The van der Waals surface area contributed by atoms with Crippen LogP contribution in [0.1, 0.15) is 50.7 Å². The van der Waals surface area contributed by atoms with Crippen LogP contribution in [0.2, 0.25) is 0 Å². The summed E-state index contributed by atoms with van der Waals surface area (Å²) in [5.74, 6) is 0.422. The molecule has 0 bridgehead atoms. The SMILES string of the molecule is CC(C)(C)c1cc(O)c(O)c(C2CCNCC2)c1. The van der Waals surface area contributed by atoms with Crippen LogP contribution in [0.15, 0.2) is 12.1 Å². The molecule has 0 unspecified atom stereocenters. The fourth-order valence-electron chi connectivity index (χ4n) is 2.52. The van der Waals surface area contributed by atoms with Gasteiger partial charge >= 0.3 is 0 Å². The van der Waals surface area contributed by atoms with Crippen molar-refractivity contribution in [2.75, 3.05) is 13.1 Å². The Bertz CT molecular complexity index is 429. The minimum atomic E-state index is -0.0210. The lowest BCUT2D eigenvalue weighted by Crippen LogP contribution is -2.27. The van der Waals surface area contributed by atoms with Gasteiger partial charge in [0.05, 0.1) is 0 Å². The van der Waals surface area contributed by atoms with E-state index in [0.717, 1.165) is 37.1 Å². The number of aromatic hydroxyl groups is 2. The molecule has 1 aromatic carbocycles. The molecule has 18 heavy (non-hydrogen) atoms. The third-order valence-electron chi connectivity index (χ3n) is 3.76. The van der Waals surface area contributed by atoms with E-state index in [1.165, 1.54) is 0 Å². The maximum atomic E-state index is 10.1. The fourth-order valence-corrected chi connectivity index (χ4v) is 2.52. The van der Waals surface area contributed by atoms with Crippen molar-refractivity contribution in [3.8, 4) is 11.5 Å². The highest BCUT2D eigenvalue weighted by atomic mass is 16.3. The van der Waals surface area contributed by atoms with Crippen molar-refractivity contribution < 1.29 is 10.2 Å². The number of phenolic OH excluding ortho intramolecular Hbond substituents is 2. The Morgan fingerprint density at radius 3 is 2.28 bits per heavy atom. The van der Waals surface area contributed by atoms with E-state index >= 15 is 0 Å². The van der Waals surface area contributed by atoms with Gasteiger partial charge in [0, 0.05) is 5.56 Å². The standard InChI is InChI=1S/C15H23NO2/c1-15(2,3)11-8-12(14(18)13(17)9-11)10-4-6-16-7-5-10/h8-10,16-18H,4-7H2,1-3H3. The molecule has 0 amide bonds. The quantitative estimate of drug-likeness (QED) is 0.671. The topological polar surface area (TPSA) is 52.5 Å². The van der Waals surface area contributed by atoms with Gasteiger partial charge in [-0.05, 0) is 48.9 Å². The van der Waals surface area contributed by atoms with Crippen molar-refractivity contribution in [1.29, 1.82) is 0 Å². The maximum Gasteiger partial charge on any atom is 0.160 e. The molecule has 2 rings (SSSR count). The van der Waals surface area contributed by atoms with E-state index < -0.39 is 0 Å². The summed E-state index contributed by atoms with van der Waals surface area (Å²) in [5.41, 5.74) is 1.96. The first-order valence-corrected chi connectivity index (χ1v) is 6.66. The highest BCUT2D eigenvalue weighted by Gasteiger charge is 2.24. The molecule has 3 heteroatoms. The zero-order chi connectivity index (χ0) is 13.3. The van der Waals surface area contributed by atoms with Crippen molar-refractivity contribution >= 4 is 0 Å². The Morgan fingerprint density at radius 2 is 1.72 bits per heavy atom. The van der Waals surface area contributed by atoms with Crippen LogP contribution < -0.4 is 5.32 Å². The van der Waals surface area contributed by atoms with Gasteiger partial charge < -0.3 is 15.5 Å². The summed E-state index contributed by atoms with van der Waals surface area (Å²) >= 11 is 0. The first-order chi connectivity index (χ1) is 8.39. The molecule has 3 nitrogen and oxygen atoms in total. The smallest absolute Gasteiger partial charge is 0.160 e. The summed E-state index contributed by atoms with van der Waals surface area (Å²) in [6, 6.07) is 3.74. The average molecular weight is 249 g/mol. The Hall–Kier alpha value is -1.22. The monoisotopic (exact) mass is 249 g/mol. The molecule has 3 N–H and O–H groups in total. The minimum absolute atomic E-state index is 0.0101. The van der Waals surface area contributed by atoms with Gasteiger partial charge in [-0.3, -0.25) is 0 Å². The molecule has 0 spiro atoms. The molecule has 1 aromatic rings. The normalized spacial score (nSPS) is 17.9. The van der Waals surface area contributed by atoms with Gasteiger partial charge in [0.15, 0.2) is 11.5 Å². The highest BCUT2D eigenvalue weighted by Crippen LogP contribution is 2.41. The molecule has 1 saturated heterocycles.